The highest BCUT2D eigenvalue weighted by atomic mass is 16.1. The van der Waals surface area contributed by atoms with Gasteiger partial charge in [-0.3, -0.25) is 4.79 Å². The fraction of sp³-hybridized carbons (Fsp3) is 0.263. The molecule has 2 aromatic carbocycles. The number of carbonyl (C=O) groups is 1. The van der Waals surface area contributed by atoms with Crippen molar-refractivity contribution in [2.45, 2.75) is 32.6 Å². The molecule has 1 N–H and O–H groups in total. The van der Waals surface area contributed by atoms with Crippen LogP contribution in [-0.2, 0) is 4.79 Å². The summed E-state index contributed by atoms with van der Waals surface area (Å²) in [5.41, 5.74) is 2.88. The summed E-state index contributed by atoms with van der Waals surface area (Å²) in [6.45, 7) is 2.13. The van der Waals surface area contributed by atoms with E-state index in [-0.39, 0.29) is 5.91 Å². The number of hydrogen-bond acceptors (Lipinski definition) is 2. The minimum Gasteiger partial charge on any atom is -0.326 e. The van der Waals surface area contributed by atoms with Gasteiger partial charge in [-0.15, -0.1) is 0 Å². The summed E-state index contributed by atoms with van der Waals surface area (Å²) in [4.78, 5) is 11.8. The Morgan fingerprint density at radius 1 is 1.09 bits per heavy atom. The highest BCUT2D eigenvalue weighted by Gasteiger charge is 2.05. The maximum Gasteiger partial charge on any atom is 0.224 e. The van der Waals surface area contributed by atoms with Gasteiger partial charge in [0.2, 0.25) is 5.91 Å². The van der Waals surface area contributed by atoms with Gasteiger partial charge in [0, 0.05) is 17.5 Å². The maximum atomic E-state index is 11.8. The molecule has 118 valence electrons. The predicted octanol–water partition coefficient (Wildman–Crippen LogP) is 4.54. The molecule has 0 saturated heterocycles. The van der Waals surface area contributed by atoms with E-state index in [9.17, 15) is 4.79 Å². The molecular weight excluding hydrogens is 286 g/mol. The number of nitrogens with zero attached hydrogens (tertiary/aromatic N) is 2. The Hall–Kier alpha value is -2.62. The molecule has 0 aliphatic rings. The van der Waals surface area contributed by atoms with Gasteiger partial charge in [0.05, 0.1) is 17.4 Å². The topological polar surface area (TPSA) is 46.9 Å². The summed E-state index contributed by atoms with van der Waals surface area (Å²) >= 11 is 0. The second-order valence-electron chi connectivity index (χ2n) is 5.67. The smallest absolute Gasteiger partial charge is 0.224 e. The van der Waals surface area contributed by atoms with Gasteiger partial charge in [0.15, 0.2) is 0 Å². The fourth-order valence-electron chi connectivity index (χ4n) is 2.62. The lowest BCUT2D eigenvalue weighted by atomic mass is 10.2. The number of nitrogens with one attached hydrogen (secondary N) is 1. The first kappa shape index (κ1) is 15.3. The summed E-state index contributed by atoms with van der Waals surface area (Å²) in [6, 6.07) is 15.9. The average molecular weight is 307 g/mol. The number of fused-ring (bicyclic) bond motifs is 1. The standard InChI is InChI=1S/C19H21N3O/c1-2-3-4-9-19(23)21-16-10-12-17(13-11-16)22-18-8-6-5-7-15(18)14-20-22/h5-8,10-14H,2-4,9H2,1H3,(H,21,23). The van der Waals surface area contributed by atoms with E-state index in [4.69, 9.17) is 0 Å². The Morgan fingerprint density at radius 3 is 2.65 bits per heavy atom. The molecule has 0 aliphatic carbocycles. The van der Waals surface area contributed by atoms with Crippen molar-refractivity contribution >= 4 is 22.5 Å². The van der Waals surface area contributed by atoms with Crippen LogP contribution in [0.25, 0.3) is 16.6 Å². The van der Waals surface area contributed by atoms with Gasteiger partial charge >= 0.3 is 0 Å². The largest absolute Gasteiger partial charge is 0.326 e. The van der Waals surface area contributed by atoms with Crippen molar-refractivity contribution in [2.75, 3.05) is 5.32 Å². The first-order chi connectivity index (χ1) is 11.3. The zero-order chi connectivity index (χ0) is 16.1. The van der Waals surface area contributed by atoms with Crippen LogP contribution in [0.15, 0.2) is 54.7 Å². The highest BCUT2D eigenvalue weighted by molar-refractivity contribution is 5.90. The zero-order valence-electron chi connectivity index (χ0n) is 13.3. The van der Waals surface area contributed by atoms with Gasteiger partial charge in [-0.05, 0) is 36.8 Å². The molecular formula is C19H21N3O. The summed E-state index contributed by atoms with van der Waals surface area (Å²) in [7, 11) is 0. The Labute approximate surface area is 136 Å². The molecule has 3 aromatic rings. The Kier molecular flexibility index (Phi) is 4.71. The fourth-order valence-corrected chi connectivity index (χ4v) is 2.62. The molecule has 0 bridgehead atoms. The Bertz CT molecular complexity index is 790. The lowest BCUT2D eigenvalue weighted by molar-refractivity contribution is -0.116. The van der Waals surface area contributed by atoms with Crippen molar-refractivity contribution in [3.05, 3.63) is 54.7 Å². The van der Waals surface area contributed by atoms with Crippen molar-refractivity contribution in [1.82, 2.24) is 9.78 Å². The molecule has 0 saturated carbocycles. The van der Waals surface area contributed by atoms with Crippen LogP contribution < -0.4 is 5.32 Å². The van der Waals surface area contributed by atoms with E-state index >= 15 is 0 Å². The van der Waals surface area contributed by atoms with E-state index in [1.54, 1.807) is 0 Å². The van der Waals surface area contributed by atoms with E-state index in [2.05, 4.69) is 17.3 Å². The van der Waals surface area contributed by atoms with Gasteiger partial charge in [-0.1, -0.05) is 38.0 Å². The van der Waals surface area contributed by atoms with E-state index < -0.39 is 0 Å². The van der Waals surface area contributed by atoms with Gasteiger partial charge in [0.1, 0.15) is 0 Å². The number of unbranched alkanes of at least 4 members (excludes halogenated alkanes) is 2. The molecule has 0 spiro atoms. The predicted molar refractivity (Wildman–Crippen MR) is 93.8 cm³/mol. The minimum absolute atomic E-state index is 0.0794. The SMILES string of the molecule is CCCCCC(=O)Nc1ccc(-n2ncc3ccccc32)cc1. The maximum absolute atomic E-state index is 11.8. The molecule has 3 rings (SSSR count). The van der Waals surface area contributed by atoms with Crippen molar-refractivity contribution < 1.29 is 4.79 Å². The van der Waals surface area contributed by atoms with Crippen molar-refractivity contribution in [1.29, 1.82) is 0 Å². The zero-order valence-corrected chi connectivity index (χ0v) is 13.3. The van der Waals surface area contributed by atoms with E-state index in [0.29, 0.717) is 6.42 Å². The number of anilines is 1. The summed E-state index contributed by atoms with van der Waals surface area (Å²) in [6.07, 6.45) is 5.61. The van der Waals surface area contributed by atoms with Crippen LogP contribution >= 0.6 is 0 Å². The summed E-state index contributed by atoms with van der Waals surface area (Å²) < 4.78 is 1.90. The van der Waals surface area contributed by atoms with E-state index in [1.165, 1.54) is 0 Å². The molecule has 1 aromatic heterocycles. The Morgan fingerprint density at radius 2 is 1.87 bits per heavy atom. The number of aromatic nitrogens is 2. The molecule has 0 atom stereocenters. The van der Waals surface area contributed by atoms with Crippen LogP contribution in [0.3, 0.4) is 0 Å². The number of rotatable bonds is 6. The number of benzene rings is 2. The third kappa shape index (κ3) is 3.59. The van der Waals surface area contributed by atoms with Crippen LogP contribution in [0.5, 0.6) is 0 Å². The van der Waals surface area contributed by atoms with Crippen LogP contribution in [0.2, 0.25) is 0 Å². The molecule has 0 aliphatic heterocycles. The number of amides is 1. The van der Waals surface area contributed by atoms with Crippen LogP contribution in [0.1, 0.15) is 32.6 Å². The van der Waals surface area contributed by atoms with Gasteiger partial charge < -0.3 is 5.32 Å². The molecule has 1 heterocycles. The van der Waals surface area contributed by atoms with Crippen LogP contribution in [-0.4, -0.2) is 15.7 Å². The lowest BCUT2D eigenvalue weighted by Crippen LogP contribution is -2.11. The van der Waals surface area contributed by atoms with Gasteiger partial charge in [-0.2, -0.15) is 5.10 Å². The Balaban J connectivity index is 1.71. The molecule has 0 fully saturated rings. The minimum atomic E-state index is 0.0794. The number of carbonyl (C=O) groups excluding carboxylic acids is 1. The molecule has 23 heavy (non-hydrogen) atoms. The summed E-state index contributed by atoms with van der Waals surface area (Å²) in [5, 5.41) is 8.49. The number of para-hydroxylation sites is 1. The molecule has 0 unspecified atom stereocenters. The molecule has 1 amide bonds. The third-order valence-electron chi connectivity index (χ3n) is 3.88. The first-order valence-electron chi connectivity index (χ1n) is 8.11. The second-order valence-corrected chi connectivity index (χ2v) is 5.67. The van der Waals surface area contributed by atoms with Crippen molar-refractivity contribution in [3.8, 4) is 5.69 Å². The second kappa shape index (κ2) is 7.09. The molecule has 0 radical (unpaired) electrons. The number of hydrogen-bond donors (Lipinski definition) is 1. The van der Waals surface area contributed by atoms with Crippen LogP contribution in [0, 0.1) is 0 Å². The van der Waals surface area contributed by atoms with Crippen LogP contribution in [0.4, 0.5) is 5.69 Å². The quantitative estimate of drug-likeness (QED) is 0.679. The highest BCUT2D eigenvalue weighted by Crippen LogP contribution is 2.19. The normalized spacial score (nSPS) is 10.8. The third-order valence-corrected chi connectivity index (χ3v) is 3.88. The van der Waals surface area contributed by atoms with Gasteiger partial charge in [-0.25, -0.2) is 4.68 Å². The average Bonchev–Trinajstić information content (AvgIpc) is 3.00. The van der Waals surface area contributed by atoms with E-state index in [0.717, 1.165) is 41.5 Å². The van der Waals surface area contributed by atoms with E-state index in [1.807, 2.05) is 59.4 Å². The molecule has 4 nitrogen and oxygen atoms in total. The lowest BCUT2D eigenvalue weighted by Gasteiger charge is -2.07. The monoisotopic (exact) mass is 307 g/mol. The molecule has 4 heteroatoms. The van der Waals surface area contributed by atoms with Crippen molar-refractivity contribution in [2.24, 2.45) is 0 Å². The summed E-state index contributed by atoms with van der Waals surface area (Å²) in [5.74, 6) is 0.0794. The van der Waals surface area contributed by atoms with Gasteiger partial charge in [0.25, 0.3) is 0 Å². The van der Waals surface area contributed by atoms with Crippen molar-refractivity contribution in [3.63, 3.8) is 0 Å². The first-order valence-corrected chi connectivity index (χ1v) is 8.11.